The Bertz CT molecular complexity index is 2210. The lowest BCUT2D eigenvalue weighted by molar-refractivity contribution is -0.0868. The molecule has 12 nitrogen and oxygen atoms in total. The monoisotopic (exact) mass is 785 g/mol. The van der Waals surface area contributed by atoms with Crippen molar-refractivity contribution in [1.29, 1.82) is 0 Å². The Labute approximate surface area is 337 Å². The molecule has 3 atom stereocenters. The molecule has 3 saturated carbocycles. The number of fused-ring (bicyclic) bond motifs is 7. The summed E-state index contributed by atoms with van der Waals surface area (Å²) < 4.78 is 29.3. The van der Waals surface area contributed by atoms with Crippen LogP contribution in [0.5, 0.6) is 11.6 Å². The van der Waals surface area contributed by atoms with Gasteiger partial charge in [-0.2, -0.15) is 0 Å². The van der Waals surface area contributed by atoms with E-state index in [1.54, 1.807) is 48.7 Å². The van der Waals surface area contributed by atoms with Crippen molar-refractivity contribution in [2.75, 3.05) is 23.3 Å². The maximum Gasteiger partial charge on any atom is 0.265 e. The Morgan fingerprint density at radius 2 is 1.73 bits per heavy atom. The minimum Gasteiger partial charge on any atom is -0.455 e. The Hall–Kier alpha value is -3.95. The van der Waals surface area contributed by atoms with Gasteiger partial charge in [-0.15, -0.1) is 5.10 Å². The van der Waals surface area contributed by atoms with Gasteiger partial charge in [0.2, 0.25) is 17.0 Å². The van der Waals surface area contributed by atoms with Gasteiger partial charge in [-0.1, -0.05) is 17.7 Å². The van der Waals surface area contributed by atoms with Crippen LogP contribution in [0.1, 0.15) is 74.7 Å². The van der Waals surface area contributed by atoms with Crippen LogP contribution in [-0.2, 0) is 11.1 Å². The first-order chi connectivity index (χ1) is 26.6. The minimum absolute atomic E-state index is 0.0394. The average molecular weight is 785 g/mol. The van der Waals surface area contributed by atoms with Crippen LogP contribution < -0.4 is 23.9 Å². The molecular formula is C39H42B3N7O5S2. The lowest BCUT2D eigenvalue weighted by Gasteiger charge is -2.42. The van der Waals surface area contributed by atoms with Crippen molar-refractivity contribution >= 4 is 64.1 Å². The molecule has 2 aliphatic heterocycles. The minimum atomic E-state index is -2.36. The summed E-state index contributed by atoms with van der Waals surface area (Å²) >= 11 is -0.677. The molecule has 3 N–H and O–H groups in total. The van der Waals surface area contributed by atoms with Crippen molar-refractivity contribution in [3.05, 3.63) is 71.9 Å². The van der Waals surface area contributed by atoms with Crippen molar-refractivity contribution in [1.82, 2.24) is 24.5 Å². The Kier molecular flexibility index (Phi) is 8.94. The van der Waals surface area contributed by atoms with Gasteiger partial charge in [-0.05, 0) is 130 Å². The highest BCUT2D eigenvalue weighted by Gasteiger charge is 2.89. The molecule has 1 amide bonds. The molecule has 3 unspecified atom stereocenters. The van der Waals surface area contributed by atoms with Gasteiger partial charge in [0.15, 0.2) is 25.2 Å². The molecule has 3 aromatic heterocycles. The van der Waals surface area contributed by atoms with E-state index in [4.69, 9.17) is 42.4 Å². The Morgan fingerprint density at radius 3 is 2.45 bits per heavy atom. The van der Waals surface area contributed by atoms with E-state index >= 15 is 0 Å². The lowest BCUT2D eigenvalue weighted by Crippen LogP contribution is -2.51. The normalized spacial score (nSPS) is 23.5. The maximum absolute atomic E-state index is 14.0. The van der Waals surface area contributed by atoms with Gasteiger partial charge >= 0.3 is 0 Å². The largest absolute Gasteiger partial charge is 0.455 e. The molecule has 56 heavy (non-hydrogen) atoms. The second kappa shape index (κ2) is 13.3. The summed E-state index contributed by atoms with van der Waals surface area (Å²) in [4.78, 5) is 26.5. The van der Waals surface area contributed by atoms with Crippen LogP contribution in [-0.4, -0.2) is 82.8 Å². The highest BCUT2D eigenvalue weighted by Crippen LogP contribution is 2.96. The molecule has 2 spiro atoms. The first-order valence-electron chi connectivity index (χ1n) is 19.1. The van der Waals surface area contributed by atoms with Crippen LogP contribution >= 0.6 is 11.9 Å². The predicted molar refractivity (Wildman–Crippen MR) is 217 cm³/mol. The fourth-order valence-electron chi connectivity index (χ4n) is 9.55. The summed E-state index contributed by atoms with van der Waals surface area (Å²) in [5, 5.41) is 18.1. The summed E-state index contributed by atoms with van der Waals surface area (Å²) in [7, 11) is 19.5. The molecule has 6 radical (unpaired) electrons. The van der Waals surface area contributed by atoms with Crippen molar-refractivity contribution in [2.45, 2.75) is 92.1 Å². The van der Waals surface area contributed by atoms with Crippen LogP contribution in [0.2, 0.25) is 5.21 Å². The molecule has 1 aromatic carbocycles. The summed E-state index contributed by atoms with van der Waals surface area (Å²) in [6.45, 7) is 7.61. The van der Waals surface area contributed by atoms with Crippen LogP contribution in [0.25, 0.3) is 5.82 Å². The quantitative estimate of drug-likeness (QED) is 0.124. The number of ether oxygens (including phenoxy) is 1. The van der Waals surface area contributed by atoms with E-state index in [1.165, 1.54) is 4.68 Å². The number of pyridine rings is 2. The number of nitrogens with zero attached hydrogens (tertiary/aromatic N) is 5. The Morgan fingerprint density at radius 1 is 1.00 bits per heavy atom. The number of rotatable bonds is 8. The molecule has 9 rings (SSSR count). The van der Waals surface area contributed by atoms with Crippen molar-refractivity contribution in [3.8, 4) is 17.4 Å². The number of nitrogens with one attached hydrogen (secondary N) is 2. The number of anilines is 2. The van der Waals surface area contributed by atoms with Crippen molar-refractivity contribution in [3.63, 3.8) is 0 Å². The number of hydrogen-bond acceptors (Lipinski definition) is 11. The summed E-state index contributed by atoms with van der Waals surface area (Å²) in [5.41, 5.74) is -1.05. The van der Waals surface area contributed by atoms with E-state index in [1.807, 2.05) is 19.1 Å². The highest BCUT2D eigenvalue weighted by atomic mass is 32.2. The number of benzene rings is 1. The van der Waals surface area contributed by atoms with E-state index in [9.17, 15) is 14.1 Å². The third-order valence-corrected chi connectivity index (χ3v) is 14.3. The molecule has 5 aliphatic rings. The number of aromatic nitrogens is 4. The van der Waals surface area contributed by atoms with Gasteiger partial charge in [0.05, 0.1) is 26.2 Å². The second-order valence-electron chi connectivity index (χ2n) is 16.8. The standard InChI is InChI=1S/C39H42B3N7O5S2/c1-23-6-8-25(9-7-23)56(52)54-27-11-13-30-45-31(27)43-19-4-5-24-21-35(2,3)48(22-24)32-26(33(50)47-55-30)10-12-28(44-32)49-20-14-29(46-49)53-39(42,51)38(40,41)34-36(15-16-36)37(34)17-18-37/h6-14,20,24,34,51H,4-5,15-19,21-22H2,1-3H3,(H,43,45)(H,47,50). The third kappa shape index (κ3) is 6.41. The molecule has 4 bridgehead atoms. The average Bonchev–Trinajstić information content (AvgIpc) is 4.11. The first kappa shape index (κ1) is 37.6. The van der Waals surface area contributed by atoms with Gasteiger partial charge in [-0.25, -0.2) is 18.9 Å². The zero-order valence-corrected chi connectivity index (χ0v) is 33.3. The topological polar surface area (TPSA) is 144 Å². The van der Waals surface area contributed by atoms with Crippen molar-refractivity contribution in [2.24, 2.45) is 22.7 Å². The smallest absolute Gasteiger partial charge is 0.265 e. The SMILES string of the molecule is [B]C(O)(Oc1ccn(-c2ccc3c(n2)N2CC(CCCNc4nc(ccc4OS(=O)c4ccc(C)cc4)SNC3=O)CC2(C)C)n1)C([B])([B])C1C2(CC2)C12CC2. The van der Waals surface area contributed by atoms with Crippen LogP contribution in [0.4, 0.5) is 11.6 Å². The van der Waals surface area contributed by atoms with E-state index in [2.05, 4.69) is 33.9 Å². The molecule has 5 heterocycles. The summed E-state index contributed by atoms with van der Waals surface area (Å²) in [6.07, 6.45) is 8.50. The van der Waals surface area contributed by atoms with E-state index in [-0.39, 0.29) is 34.1 Å². The molecule has 3 aliphatic carbocycles. The summed E-state index contributed by atoms with van der Waals surface area (Å²) in [6, 6.07) is 15.8. The van der Waals surface area contributed by atoms with Crippen LogP contribution in [0.15, 0.2) is 70.7 Å². The fourth-order valence-corrected chi connectivity index (χ4v) is 10.9. The molecule has 1 saturated heterocycles. The second-order valence-corrected chi connectivity index (χ2v) is 18.8. The molecule has 4 aromatic rings. The third-order valence-electron chi connectivity index (χ3n) is 12.6. The molecule has 4 fully saturated rings. The van der Waals surface area contributed by atoms with Crippen LogP contribution in [0.3, 0.4) is 0 Å². The number of hydrogen-bond donors (Lipinski definition) is 3. The van der Waals surface area contributed by atoms with E-state index < -0.39 is 22.0 Å². The van der Waals surface area contributed by atoms with E-state index in [0.717, 1.165) is 62.5 Å². The number of carbonyl (C=O) groups excluding carboxylic acids is 1. The summed E-state index contributed by atoms with van der Waals surface area (Å²) in [5.74, 6) is 1.66. The van der Waals surface area contributed by atoms with Gasteiger partial charge in [0.25, 0.3) is 5.91 Å². The van der Waals surface area contributed by atoms with Gasteiger partial charge < -0.3 is 24.2 Å². The van der Waals surface area contributed by atoms with Crippen molar-refractivity contribution < 1.29 is 23.0 Å². The van der Waals surface area contributed by atoms with Gasteiger partial charge in [-0.3, -0.25) is 9.52 Å². The molecule has 17 heteroatoms. The lowest BCUT2D eigenvalue weighted by atomic mass is 9.42. The predicted octanol–water partition coefficient (Wildman–Crippen LogP) is 5.16. The number of aliphatic hydroxyl groups is 1. The zero-order valence-electron chi connectivity index (χ0n) is 31.7. The van der Waals surface area contributed by atoms with Gasteiger partial charge in [0, 0.05) is 42.8 Å². The molecular weight excluding hydrogens is 743 g/mol. The number of aryl methyl sites for hydroxylation is 1. The highest BCUT2D eigenvalue weighted by molar-refractivity contribution is 7.97. The Balaban J connectivity index is 0.965. The number of amides is 1. The van der Waals surface area contributed by atoms with Gasteiger partial charge in [0.1, 0.15) is 16.5 Å². The van der Waals surface area contributed by atoms with E-state index in [0.29, 0.717) is 57.7 Å². The maximum atomic E-state index is 14.0. The fraction of sp³-hybridized carbons (Fsp3) is 0.487. The van der Waals surface area contributed by atoms with Crippen LogP contribution in [0, 0.1) is 29.6 Å². The number of carbonyl (C=O) groups is 1. The molecule has 284 valence electrons. The first-order valence-corrected chi connectivity index (χ1v) is 21.0. The zero-order chi connectivity index (χ0) is 39.3.